The normalized spacial score (nSPS) is 23.0. The average molecular weight is 418 g/mol. The number of carbonyl (C=O) groups is 1. The maximum atomic E-state index is 14.9. The second-order valence-corrected chi connectivity index (χ2v) is 7.57. The summed E-state index contributed by atoms with van der Waals surface area (Å²) in [6.07, 6.45) is 1.45. The van der Waals surface area contributed by atoms with E-state index >= 15 is 0 Å². The molecule has 2 heterocycles. The van der Waals surface area contributed by atoms with Crippen LogP contribution >= 0.6 is 12.2 Å². The fourth-order valence-electron chi connectivity index (χ4n) is 3.62. The Labute approximate surface area is 175 Å². The molecule has 2 fully saturated rings. The predicted octanol–water partition coefficient (Wildman–Crippen LogP) is 2.54. The summed E-state index contributed by atoms with van der Waals surface area (Å²) in [5.74, 6) is -0.193. The molecule has 0 spiro atoms. The first-order valence-electron chi connectivity index (χ1n) is 9.49. The molecule has 2 N–H and O–H groups in total. The molecule has 1 aromatic rings. The fourth-order valence-corrected chi connectivity index (χ4v) is 3.70. The van der Waals surface area contributed by atoms with Gasteiger partial charge >= 0.3 is 6.09 Å². The third-order valence-electron chi connectivity index (χ3n) is 5.22. The highest BCUT2D eigenvalue weighted by molar-refractivity contribution is 7.80. The molecule has 2 aliphatic heterocycles. The number of hydrogen-bond donors (Lipinski definition) is 2. The highest BCUT2D eigenvalue weighted by atomic mass is 32.1. The highest BCUT2D eigenvalue weighted by Gasteiger charge is 2.33. The SMILES string of the molecule is CNC(=S)NC[C@H]1CN(c2ccc(N3CC/C(=C\C#N)C(C)C3)c(F)c2)C(=O)O1. The zero-order valence-corrected chi connectivity index (χ0v) is 17.3. The van der Waals surface area contributed by atoms with E-state index in [1.165, 1.54) is 11.0 Å². The number of allylic oxidation sites excluding steroid dienone is 1. The van der Waals surface area contributed by atoms with Crippen molar-refractivity contribution in [2.75, 3.05) is 43.0 Å². The summed E-state index contributed by atoms with van der Waals surface area (Å²) in [5.41, 5.74) is 2.06. The van der Waals surface area contributed by atoms with E-state index in [1.54, 1.807) is 25.3 Å². The summed E-state index contributed by atoms with van der Waals surface area (Å²) in [7, 11) is 1.70. The van der Waals surface area contributed by atoms with Crippen molar-refractivity contribution >= 4 is 34.8 Å². The molecule has 2 aliphatic rings. The van der Waals surface area contributed by atoms with Crippen molar-refractivity contribution in [1.29, 1.82) is 5.26 Å². The molecule has 9 heteroatoms. The third-order valence-corrected chi connectivity index (χ3v) is 5.57. The Hall–Kier alpha value is -2.86. The number of benzene rings is 1. The monoisotopic (exact) mass is 417 g/mol. The number of carbonyl (C=O) groups excluding carboxylic acids is 1. The smallest absolute Gasteiger partial charge is 0.414 e. The standard InChI is InChI=1S/C20H24FN5O2S/c1-13-11-25(8-6-14(13)5-7-22)18-4-3-15(9-17(18)21)26-12-16(28-20(26)27)10-24-19(29)23-2/h3-5,9,13,16H,6,8,10-12H2,1-2H3,(H2,23,24,29)/b14-5+/t13?,16-/m0/s1. The predicted molar refractivity (Wildman–Crippen MR) is 113 cm³/mol. The van der Waals surface area contributed by atoms with Gasteiger partial charge in [-0.15, -0.1) is 0 Å². The van der Waals surface area contributed by atoms with Gasteiger partial charge in [0.05, 0.1) is 30.5 Å². The number of halogens is 1. The molecule has 29 heavy (non-hydrogen) atoms. The molecule has 0 saturated carbocycles. The van der Waals surface area contributed by atoms with Crippen molar-refractivity contribution < 1.29 is 13.9 Å². The van der Waals surface area contributed by atoms with Crippen molar-refractivity contribution in [3.63, 3.8) is 0 Å². The zero-order chi connectivity index (χ0) is 21.0. The number of cyclic esters (lactones) is 1. The van der Waals surface area contributed by atoms with Crippen LogP contribution in [0.1, 0.15) is 13.3 Å². The van der Waals surface area contributed by atoms with E-state index in [4.69, 9.17) is 22.2 Å². The molecular formula is C20H24FN5O2S. The van der Waals surface area contributed by atoms with Crippen LogP contribution in [0.2, 0.25) is 0 Å². The van der Waals surface area contributed by atoms with E-state index in [0.717, 1.165) is 12.0 Å². The first-order valence-corrected chi connectivity index (χ1v) is 9.90. The minimum absolute atomic E-state index is 0.188. The second kappa shape index (κ2) is 9.09. The largest absolute Gasteiger partial charge is 0.442 e. The molecule has 2 atom stereocenters. The van der Waals surface area contributed by atoms with Gasteiger partial charge in [-0.05, 0) is 42.8 Å². The molecule has 1 amide bonds. The van der Waals surface area contributed by atoms with Crippen LogP contribution < -0.4 is 20.4 Å². The Balaban J connectivity index is 1.67. The maximum Gasteiger partial charge on any atom is 0.414 e. The molecule has 0 radical (unpaired) electrons. The van der Waals surface area contributed by atoms with Gasteiger partial charge in [-0.3, -0.25) is 4.90 Å². The Morgan fingerprint density at radius 1 is 1.48 bits per heavy atom. The molecular weight excluding hydrogens is 393 g/mol. The van der Waals surface area contributed by atoms with E-state index < -0.39 is 6.09 Å². The Bertz CT molecular complexity index is 869. The summed E-state index contributed by atoms with van der Waals surface area (Å²) in [4.78, 5) is 15.6. The number of amides is 1. The molecule has 7 nitrogen and oxygen atoms in total. The van der Waals surface area contributed by atoms with Gasteiger partial charge in [0.15, 0.2) is 5.11 Å². The molecule has 1 aromatic carbocycles. The number of rotatable bonds is 4. The van der Waals surface area contributed by atoms with E-state index in [1.807, 2.05) is 11.8 Å². The minimum Gasteiger partial charge on any atom is -0.442 e. The topological polar surface area (TPSA) is 80.6 Å². The number of nitriles is 1. The lowest BCUT2D eigenvalue weighted by Gasteiger charge is -2.34. The molecule has 154 valence electrons. The van der Waals surface area contributed by atoms with Crippen LogP contribution in [-0.4, -0.2) is 50.5 Å². The van der Waals surface area contributed by atoms with Crippen LogP contribution in [0.3, 0.4) is 0 Å². The first kappa shape index (κ1) is 20.9. The molecule has 0 bridgehead atoms. The molecule has 0 aliphatic carbocycles. The third kappa shape index (κ3) is 4.77. The van der Waals surface area contributed by atoms with Crippen molar-refractivity contribution in [2.24, 2.45) is 5.92 Å². The van der Waals surface area contributed by atoms with Crippen molar-refractivity contribution in [1.82, 2.24) is 10.6 Å². The fraction of sp³-hybridized carbons (Fsp3) is 0.450. The average Bonchev–Trinajstić information content (AvgIpc) is 3.08. The van der Waals surface area contributed by atoms with E-state index in [0.29, 0.717) is 42.7 Å². The summed E-state index contributed by atoms with van der Waals surface area (Å²) in [6.45, 7) is 4.04. The van der Waals surface area contributed by atoms with Crippen molar-refractivity contribution in [2.45, 2.75) is 19.4 Å². The lowest BCUT2D eigenvalue weighted by molar-refractivity contribution is 0.143. The Morgan fingerprint density at radius 2 is 2.28 bits per heavy atom. The van der Waals surface area contributed by atoms with Gasteiger partial charge in [-0.25, -0.2) is 9.18 Å². The maximum absolute atomic E-state index is 14.9. The van der Waals surface area contributed by atoms with Gasteiger partial charge in [-0.2, -0.15) is 5.26 Å². The van der Waals surface area contributed by atoms with Crippen LogP contribution in [-0.2, 0) is 4.74 Å². The van der Waals surface area contributed by atoms with Gasteiger partial charge in [0.2, 0.25) is 0 Å². The number of nitrogens with one attached hydrogen (secondary N) is 2. The van der Waals surface area contributed by atoms with Gasteiger partial charge < -0.3 is 20.3 Å². The summed E-state index contributed by atoms with van der Waals surface area (Å²) in [5, 5.41) is 15.1. The van der Waals surface area contributed by atoms with Gasteiger partial charge in [0, 0.05) is 26.2 Å². The van der Waals surface area contributed by atoms with E-state index in [9.17, 15) is 9.18 Å². The molecule has 1 unspecified atom stereocenters. The quantitative estimate of drug-likeness (QED) is 0.576. The van der Waals surface area contributed by atoms with Crippen LogP contribution in [0, 0.1) is 23.1 Å². The second-order valence-electron chi connectivity index (χ2n) is 7.16. The van der Waals surface area contributed by atoms with Crippen LogP contribution in [0.5, 0.6) is 0 Å². The van der Waals surface area contributed by atoms with Crippen molar-refractivity contribution in [3.05, 3.63) is 35.7 Å². The van der Waals surface area contributed by atoms with Crippen molar-refractivity contribution in [3.8, 4) is 6.07 Å². The number of hydrogen-bond acceptors (Lipinski definition) is 5. The number of nitrogens with zero attached hydrogens (tertiary/aromatic N) is 3. The summed E-state index contributed by atoms with van der Waals surface area (Å²) >= 11 is 5.02. The lowest BCUT2D eigenvalue weighted by Crippen LogP contribution is -2.39. The summed E-state index contributed by atoms with van der Waals surface area (Å²) in [6, 6.07) is 6.89. The van der Waals surface area contributed by atoms with Crippen LogP contribution in [0.4, 0.5) is 20.6 Å². The van der Waals surface area contributed by atoms with Crippen LogP contribution in [0.25, 0.3) is 0 Å². The highest BCUT2D eigenvalue weighted by Crippen LogP contribution is 2.31. The van der Waals surface area contributed by atoms with Gasteiger partial charge in [0.1, 0.15) is 11.9 Å². The van der Waals surface area contributed by atoms with E-state index in [2.05, 4.69) is 16.7 Å². The van der Waals surface area contributed by atoms with Crippen LogP contribution in [0.15, 0.2) is 29.8 Å². The number of thiocarbonyl (C=S) groups is 1. The Morgan fingerprint density at radius 3 is 2.93 bits per heavy atom. The van der Waals surface area contributed by atoms with Gasteiger partial charge in [0.25, 0.3) is 0 Å². The van der Waals surface area contributed by atoms with Gasteiger partial charge in [-0.1, -0.05) is 12.5 Å². The summed E-state index contributed by atoms with van der Waals surface area (Å²) < 4.78 is 20.2. The number of anilines is 2. The minimum atomic E-state index is -0.503. The number of ether oxygens (including phenoxy) is 1. The zero-order valence-electron chi connectivity index (χ0n) is 16.4. The first-order chi connectivity index (χ1) is 13.9. The number of piperidine rings is 1. The molecule has 2 saturated heterocycles. The van der Waals surface area contributed by atoms with E-state index in [-0.39, 0.29) is 17.8 Å². The molecule has 3 rings (SSSR count). The Kier molecular flexibility index (Phi) is 6.54. The molecule has 0 aromatic heterocycles. The lowest BCUT2D eigenvalue weighted by atomic mass is 9.92.